The fraction of sp³-hybridized carbons (Fsp3) is 0.483. The van der Waals surface area contributed by atoms with Crippen LogP contribution in [-0.2, 0) is 25.3 Å². The lowest BCUT2D eigenvalue weighted by Crippen LogP contribution is -2.53. The zero-order chi connectivity index (χ0) is 30.5. The number of nitrogens with two attached hydrogens (primary N) is 1. The Morgan fingerprint density at radius 1 is 1.17 bits per heavy atom. The van der Waals surface area contributed by atoms with Crippen LogP contribution in [0.4, 0.5) is 0 Å². The largest absolute Gasteiger partial charge is 0.507 e. The minimum atomic E-state index is -2.12. The molecule has 0 aromatic heterocycles. The Labute approximate surface area is 242 Å². The van der Waals surface area contributed by atoms with Gasteiger partial charge in [-0.3, -0.25) is 14.4 Å². The predicted molar refractivity (Wildman–Crippen MR) is 148 cm³/mol. The highest BCUT2D eigenvalue weighted by molar-refractivity contribution is 6.31. The number of carbonyl (C=O) groups is 3. The van der Waals surface area contributed by atoms with Gasteiger partial charge in [0.05, 0.1) is 48.7 Å². The average Bonchev–Trinajstić information content (AvgIpc) is 2.95. The van der Waals surface area contributed by atoms with Gasteiger partial charge in [-0.1, -0.05) is 25.4 Å². The molecule has 6 N–H and O–H groups in total. The van der Waals surface area contributed by atoms with E-state index in [2.05, 4.69) is 0 Å². The first kappa shape index (κ1) is 30.1. The van der Waals surface area contributed by atoms with E-state index in [0.717, 1.165) is 0 Å². The third kappa shape index (κ3) is 4.89. The van der Waals surface area contributed by atoms with Gasteiger partial charge < -0.3 is 45.0 Å². The number of ketones is 3. The molecule has 224 valence electrons. The van der Waals surface area contributed by atoms with Crippen molar-refractivity contribution in [1.29, 1.82) is 0 Å². The summed E-state index contributed by atoms with van der Waals surface area (Å²) in [6.45, 7) is 3.06. The average molecular weight is 583 g/mol. The number of Topliss-reactive ketones (excluding diaryl/α,β-unsaturated/α-hetero) is 1. The number of aliphatic hydroxyl groups excluding tert-OH is 1. The maximum Gasteiger partial charge on any atom is 0.275 e. The number of aromatic hydroxyl groups is 2. The Morgan fingerprint density at radius 3 is 2.55 bits per heavy atom. The van der Waals surface area contributed by atoms with E-state index < -0.39 is 89.2 Å². The standard InChI is InChI=1S/C29H34BNO11/c1-4-30-40-11-18(32)29(38)9-14-21(17(10-29)42-19-8-15(31)24(33)12(2)41-19)28(37)23-22(26(14)35)25(34)13-6-5-7-16(39-3)20(13)27(23)36/h5-7,12,15,17,19,24,30,33,35,37-38H,4,8-11,31H2,1-3H3/t12?,15?,17-,19?,24?,29-/m0/s1. The molecular weight excluding hydrogens is 549 g/mol. The maximum absolute atomic E-state index is 13.8. The summed E-state index contributed by atoms with van der Waals surface area (Å²) in [7, 11) is 1.62. The van der Waals surface area contributed by atoms with Crippen LogP contribution in [0.25, 0.3) is 0 Å². The Morgan fingerprint density at radius 2 is 1.88 bits per heavy atom. The topological polar surface area (TPSA) is 195 Å². The third-order valence-corrected chi connectivity index (χ3v) is 8.24. The highest BCUT2D eigenvalue weighted by atomic mass is 16.7. The number of hydrogen-bond donors (Lipinski definition) is 5. The molecule has 4 unspecified atom stereocenters. The molecule has 0 saturated carbocycles. The monoisotopic (exact) mass is 583 g/mol. The molecule has 42 heavy (non-hydrogen) atoms. The van der Waals surface area contributed by atoms with E-state index in [4.69, 9.17) is 24.6 Å². The molecule has 0 amide bonds. The number of aliphatic hydroxyl groups is 2. The van der Waals surface area contributed by atoms with Gasteiger partial charge in [-0.2, -0.15) is 0 Å². The first-order chi connectivity index (χ1) is 19.9. The van der Waals surface area contributed by atoms with Crippen LogP contribution in [0.1, 0.15) is 75.8 Å². The van der Waals surface area contributed by atoms with Crippen molar-refractivity contribution in [3.8, 4) is 17.2 Å². The fourth-order valence-electron chi connectivity index (χ4n) is 6.05. The Balaban J connectivity index is 1.65. The van der Waals surface area contributed by atoms with Gasteiger partial charge in [-0.15, -0.1) is 0 Å². The van der Waals surface area contributed by atoms with E-state index in [1.165, 1.54) is 25.3 Å². The normalized spacial score (nSPS) is 28.5. The van der Waals surface area contributed by atoms with Gasteiger partial charge in [0.25, 0.3) is 7.48 Å². The van der Waals surface area contributed by atoms with Crippen LogP contribution in [0.15, 0.2) is 18.2 Å². The molecular formula is C29H34BNO11. The molecule has 5 rings (SSSR count). The van der Waals surface area contributed by atoms with Crippen molar-refractivity contribution in [3.63, 3.8) is 0 Å². The molecule has 3 aliphatic rings. The summed E-state index contributed by atoms with van der Waals surface area (Å²) >= 11 is 0. The Bertz CT molecular complexity index is 1430. The summed E-state index contributed by atoms with van der Waals surface area (Å²) in [5.41, 5.74) is 2.80. The zero-order valence-electron chi connectivity index (χ0n) is 23.6. The first-order valence-electron chi connectivity index (χ1n) is 13.9. The van der Waals surface area contributed by atoms with Gasteiger partial charge in [-0.05, 0) is 13.0 Å². The minimum Gasteiger partial charge on any atom is -0.507 e. The second-order valence-electron chi connectivity index (χ2n) is 11.1. The van der Waals surface area contributed by atoms with Gasteiger partial charge in [-0.25, -0.2) is 0 Å². The number of phenols is 2. The van der Waals surface area contributed by atoms with Crippen LogP contribution >= 0.6 is 0 Å². The molecule has 2 aromatic rings. The highest BCUT2D eigenvalue weighted by Gasteiger charge is 2.50. The second kappa shape index (κ2) is 11.4. The number of carbonyl (C=O) groups excluding carboxylic acids is 3. The van der Waals surface area contributed by atoms with E-state index in [1.807, 2.05) is 6.92 Å². The van der Waals surface area contributed by atoms with Crippen molar-refractivity contribution in [3.05, 3.63) is 51.6 Å². The number of rotatable bonds is 8. The molecule has 0 bridgehead atoms. The van der Waals surface area contributed by atoms with Gasteiger partial charge in [0.1, 0.15) is 22.8 Å². The summed E-state index contributed by atoms with van der Waals surface area (Å²) in [6.07, 6.45) is -4.15. The smallest absolute Gasteiger partial charge is 0.275 e. The van der Waals surface area contributed by atoms with Crippen LogP contribution in [0, 0.1) is 0 Å². The molecule has 1 fully saturated rings. The fourth-order valence-corrected chi connectivity index (χ4v) is 6.05. The summed E-state index contributed by atoms with van der Waals surface area (Å²) in [5.74, 6) is -3.32. The number of ether oxygens (including phenoxy) is 3. The van der Waals surface area contributed by atoms with Crippen molar-refractivity contribution in [2.24, 2.45) is 5.73 Å². The third-order valence-electron chi connectivity index (χ3n) is 8.24. The minimum absolute atomic E-state index is 0.0263. The van der Waals surface area contributed by atoms with Crippen molar-refractivity contribution in [1.82, 2.24) is 0 Å². The number of benzene rings is 2. The number of hydrogen-bond acceptors (Lipinski definition) is 12. The lowest BCUT2D eigenvalue weighted by Gasteiger charge is -2.42. The second-order valence-corrected chi connectivity index (χ2v) is 11.1. The SMILES string of the molecule is CCBOCC(=O)[C@]1(O)Cc2c(O)c3c(c(O)c2[C@@H](OC2CC(N)C(O)C(C)O2)C1)C(=O)c1c(OC)cccc1C3=O. The maximum atomic E-state index is 13.8. The predicted octanol–water partition coefficient (Wildman–Crippen LogP) is 0.815. The van der Waals surface area contributed by atoms with Crippen molar-refractivity contribution in [2.75, 3.05) is 13.7 Å². The number of methoxy groups -OCH3 is 1. The Kier molecular flexibility index (Phi) is 8.18. The van der Waals surface area contributed by atoms with Crippen molar-refractivity contribution in [2.45, 2.75) is 75.7 Å². The molecule has 2 aliphatic carbocycles. The van der Waals surface area contributed by atoms with Gasteiger partial charge in [0.2, 0.25) is 5.78 Å². The molecule has 1 aliphatic heterocycles. The van der Waals surface area contributed by atoms with Crippen LogP contribution in [0.5, 0.6) is 17.2 Å². The molecule has 0 radical (unpaired) electrons. The quantitative estimate of drug-likeness (QED) is 0.143. The molecule has 1 heterocycles. The molecule has 12 nitrogen and oxygen atoms in total. The lowest BCUT2D eigenvalue weighted by molar-refractivity contribution is -0.247. The van der Waals surface area contributed by atoms with E-state index in [0.29, 0.717) is 6.32 Å². The number of phenolic OH excluding ortho intramolecular Hbond substituents is 2. The molecule has 6 atom stereocenters. The van der Waals surface area contributed by atoms with Gasteiger partial charge in [0, 0.05) is 42.0 Å². The zero-order valence-corrected chi connectivity index (χ0v) is 23.6. The molecule has 2 aromatic carbocycles. The summed E-state index contributed by atoms with van der Waals surface area (Å²) in [4.78, 5) is 40.6. The van der Waals surface area contributed by atoms with Crippen LogP contribution < -0.4 is 10.5 Å². The van der Waals surface area contributed by atoms with E-state index in [-0.39, 0.29) is 48.3 Å². The number of fused-ring (bicyclic) bond motifs is 3. The van der Waals surface area contributed by atoms with Crippen LogP contribution in [0.3, 0.4) is 0 Å². The molecule has 1 saturated heterocycles. The van der Waals surface area contributed by atoms with Gasteiger partial charge in [0.15, 0.2) is 17.9 Å². The molecule has 13 heteroatoms. The van der Waals surface area contributed by atoms with Crippen LogP contribution in [-0.4, -0.2) is 89.1 Å². The van der Waals surface area contributed by atoms with Crippen molar-refractivity contribution >= 4 is 24.8 Å². The summed E-state index contributed by atoms with van der Waals surface area (Å²) in [6, 6.07) is 3.72. The highest BCUT2D eigenvalue weighted by Crippen LogP contribution is 2.52. The van der Waals surface area contributed by atoms with Crippen LogP contribution in [0.2, 0.25) is 6.32 Å². The van der Waals surface area contributed by atoms with E-state index in [1.54, 1.807) is 6.92 Å². The molecule has 0 spiro atoms. The first-order valence-corrected chi connectivity index (χ1v) is 13.9. The summed E-state index contributed by atoms with van der Waals surface area (Å²) < 4.78 is 22.6. The van der Waals surface area contributed by atoms with Gasteiger partial charge >= 0.3 is 0 Å². The van der Waals surface area contributed by atoms with E-state index in [9.17, 15) is 34.8 Å². The lowest BCUT2D eigenvalue weighted by atomic mass is 9.71. The Hall–Kier alpha value is -3.33. The van der Waals surface area contributed by atoms with Crippen molar-refractivity contribution < 1.29 is 53.7 Å². The summed E-state index contributed by atoms with van der Waals surface area (Å²) in [5, 5.41) is 45.0. The van der Waals surface area contributed by atoms with E-state index >= 15 is 0 Å².